The number of carbonyl (C=O) groups is 1. The van der Waals surface area contributed by atoms with E-state index in [1.54, 1.807) is 13.8 Å². The summed E-state index contributed by atoms with van der Waals surface area (Å²) in [7, 11) is 0. The summed E-state index contributed by atoms with van der Waals surface area (Å²) < 4.78 is 36.5. The van der Waals surface area contributed by atoms with Crippen LogP contribution in [0.3, 0.4) is 0 Å². The maximum atomic E-state index is 12.2. The molecule has 4 aliphatic carbocycles. The van der Waals surface area contributed by atoms with Gasteiger partial charge in [0.05, 0.1) is 24.9 Å². The molecule has 0 bridgehead atoms. The number of alkyl halides is 1. The van der Waals surface area contributed by atoms with Crippen molar-refractivity contribution in [3.63, 3.8) is 0 Å². The Bertz CT molecular complexity index is 1550. The molecule has 6 fully saturated rings. The van der Waals surface area contributed by atoms with Gasteiger partial charge in [0.25, 0.3) is 0 Å². The van der Waals surface area contributed by atoms with Crippen LogP contribution in [0.1, 0.15) is 139 Å². The van der Waals surface area contributed by atoms with E-state index in [1.807, 2.05) is 0 Å². The standard InChI is InChI=1S/C47H78IO13/c1-26(9-13-36(44(4,5)55)59-40-20-27(51)19-29(57-40)25-56-39-22-37(53)48-38(24-50)61-39)30-15-16-47(8)34-12-10-31-32(45(34,6)17-18-46(30,47)7)11-14-35(43(31,2)3)60-42-41(54)33(52)21-28(23-49)58-42/h10,26-30,32-36,38-42,49-52,54-55H,9,11-25H2,1-8H3/q-1/t26?,27?,28-,29?,30?,32?,33-,34?,35-,36?,38+,39?,40-,41+,42?,45?,46?,47?/m0/s1. The molecule has 352 valence electrons. The van der Waals surface area contributed by atoms with E-state index in [4.69, 9.17) is 28.4 Å². The molecule has 18 atom stereocenters. The molecule has 6 N–H and O–H groups in total. The first kappa shape index (κ1) is 48.6. The molecular formula is C47H78IO13-. The molecule has 0 spiro atoms. The molecule has 0 radical (unpaired) electrons. The fraction of sp³-hybridized carbons (Fsp3) is 0.936. The Morgan fingerprint density at radius 3 is 2.34 bits per heavy atom. The van der Waals surface area contributed by atoms with Crippen molar-refractivity contribution >= 4 is 3.79 Å². The molecule has 0 aromatic carbocycles. The van der Waals surface area contributed by atoms with Gasteiger partial charge >= 0.3 is 164 Å². The van der Waals surface area contributed by atoms with Gasteiger partial charge in [-0.15, -0.1) is 0 Å². The van der Waals surface area contributed by atoms with E-state index >= 15 is 0 Å². The third kappa shape index (κ3) is 9.61. The van der Waals surface area contributed by atoms with Crippen LogP contribution >= 0.6 is 0 Å². The number of hydrogen-bond donors (Lipinski definition) is 6. The van der Waals surface area contributed by atoms with Gasteiger partial charge in [-0.3, -0.25) is 0 Å². The van der Waals surface area contributed by atoms with Gasteiger partial charge in [-0.2, -0.15) is 0 Å². The summed E-state index contributed by atoms with van der Waals surface area (Å²) in [6, 6.07) is 0. The zero-order chi connectivity index (χ0) is 44.3. The molecule has 14 heteroatoms. The van der Waals surface area contributed by atoms with E-state index in [1.165, 1.54) is 31.3 Å². The van der Waals surface area contributed by atoms with E-state index in [-0.39, 0.29) is 64.2 Å². The first-order valence-corrected chi connectivity index (χ1v) is 25.7. The van der Waals surface area contributed by atoms with Crippen LogP contribution in [-0.2, 0) is 33.2 Å². The zero-order valence-corrected chi connectivity index (χ0v) is 40.1. The van der Waals surface area contributed by atoms with Crippen molar-refractivity contribution in [2.75, 3.05) is 19.8 Å². The van der Waals surface area contributed by atoms with Gasteiger partial charge in [-0.05, 0) is 84.9 Å². The van der Waals surface area contributed by atoms with Crippen molar-refractivity contribution in [2.45, 2.75) is 210 Å². The Kier molecular flexibility index (Phi) is 14.9. The number of allylic oxidation sites excluding steroid dienone is 1. The predicted octanol–water partition coefficient (Wildman–Crippen LogP) is 1.94. The van der Waals surface area contributed by atoms with Crippen molar-refractivity contribution < 1.29 is 85.1 Å². The average Bonchev–Trinajstić information content (AvgIpc) is 3.47. The van der Waals surface area contributed by atoms with Crippen molar-refractivity contribution in [3.05, 3.63) is 11.6 Å². The number of aliphatic hydroxyl groups is 6. The van der Waals surface area contributed by atoms with Gasteiger partial charge in [-0.1, -0.05) is 53.2 Å². The molecule has 61 heavy (non-hydrogen) atoms. The second-order valence-corrected chi connectivity index (χ2v) is 25.0. The molecule has 7 rings (SSSR count). The molecule has 3 aliphatic heterocycles. The average molecular weight is 978 g/mol. The summed E-state index contributed by atoms with van der Waals surface area (Å²) in [6.07, 6.45) is 5.73. The van der Waals surface area contributed by atoms with Crippen molar-refractivity contribution in [1.82, 2.24) is 0 Å². The molecular weight excluding hydrogens is 899 g/mol. The quantitative estimate of drug-likeness (QED) is 0.0642. The first-order chi connectivity index (χ1) is 28.6. The van der Waals surface area contributed by atoms with E-state index in [9.17, 15) is 35.4 Å². The number of fused-ring (bicyclic) bond motifs is 5. The third-order valence-corrected chi connectivity index (χ3v) is 19.9. The number of hydrogen-bond acceptors (Lipinski definition) is 13. The van der Waals surface area contributed by atoms with E-state index < -0.39 is 86.4 Å². The summed E-state index contributed by atoms with van der Waals surface area (Å²) >= 11 is -0.875. The van der Waals surface area contributed by atoms with Crippen LogP contribution in [0, 0.1) is 45.3 Å². The van der Waals surface area contributed by atoms with Crippen LogP contribution < -0.4 is 21.2 Å². The Morgan fingerprint density at radius 1 is 0.885 bits per heavy atom. The Balaban J connectivity index is 0.977. The van der Waals surface area contributed by atoms with Crippen LogP contribution in [-0.4, -0.2) is 126 Å². The monoisotopic (exact) mass is 977 g/mol. The van der Waals surface area contributed by atoms with Gasteiger partial charge in [0.15, 0.2) is 6.29 Å². The van der Waals surface area contributed by atoms with E-state index in [0.29, 0.717) is 42.9 Å². The van der Waals surface area contributed by atoms with Crippen LogP contribution in [0.25, 0.3) is 0 Å². The molecule has 0 aromatic rings. The summed E-state index contributed by atoms with van der Waals surface area (Å²) in [6.45, 7) is 17.9. The number of rotatable bonds is 14. The van der Waals surface area contributed by atoms with E-state index in [0.717, 1.165) is 25.7 Å². The summed E-state index contributed by atoms with van der Waals surface area (Å²) in [5.41, 5.74) is 0.524. The number of carbonyl (C=O) groups excluding carboxylic acids is 1. The summed E-state index contributed by atoms with van der Waals surface area (Å²) in [5.74, 6) is 1.93. The second kappa shape index (κ2) is 18.7. The molecule has 12 unspecified atom stereocenters. The van der Waals surface area contributed by atoms with Crippen LogP contribution in [0.15, 0.2) is 11.6 Å². The van der Waals surface area contributed by atoms with Gasteiger partial charge in [0, 0.05) is 11.8 Å². The van der Waals surface area contributed by atoms with Gasteiger partial charge < -0.3 is 24.8 Å². The fourth-order valence-electron chi connectivity index (χ4n) is 13.6. The van der Waals surface area contributed by atoms with Crippen molar-refractivity contribution in [3.8, 4) is 0 Å². The van der Waals surface area contributed by atoms with Gasteiger partial charge in [-0.25, -0.2) is 0 Å². The number of ether oxygens (including phenoxy) is 6. The Hall–Kier alpha value is -0.340. The minimum Gasteiger partial charge on any atom is -0.394 e. The minimum atomic E-state index is -1.15. The summed E-state index contributed by atoms with van der Waals surface area (Å²) in [4.78, 5) is 12.2. The van der Waals surface area contributed by atoms with Crippen molar-refractivity contribution in [2.24, 2.45) is 45.3 Å². The van der Waals surface area contributed by atoms with Gasteiger partial charge in [0.2, 0.25) is 0 Å². The van der Waals surface area contributed by atoms with Crippen LogP contribution in [0.4, 0.5) is 0 Å². The third-order valence-electron chi connectivity index (χ3n) is 17.4. The predicted molar refractivity (Wildman–Crippen MR) is 221 cm³/mol. The molecule has 3 saturated carbocycles. The molecule has 0 aromatic heterocycles. The second-order valence-electron chi connectivity index (χ2n) is 21.8. The minimum absolute atomic E-state index is 0.0885. The molecule has 0 amide bonds. The fourth-order valence-corrected chi connectivity index (χ4v) is 15.7. The normalized spacial score (nSPS) is 46.4. The van der Waals surface area contributed by atoms with Gasteiger partial charge in [0.1, 0.15) is 6.10 Å². The summed E-state index contributed by atoms with van der Waals surface area (Å²) in [5, 5.41) is 62.7. The number of halogens is 1. The SMILES string of the molecule is CC(CCC(O[C@H]1CC(O)CC(COC2CC(=O)[I-][C@@H](CO)O2)O1)C(C)(C)O)C1CCC2(C)C3CC=C4C(CC[C@H](OC5O[C@H](CO)C[C@H](O)[C@H]5O)C4(C)C)C3(C)CCC12C. The molecule has 3 saturated heterocycles. The molecule has 3 heterocycles. The smallest absolute Gasteiger partial charge is 0.394 e. The Morgan fingerprint density at radius 2 is 1.64 bits per heavy atom. The molecule has 7 aliphatic rings. The topological polar surface area (TPSA) is 194 Å². The van der Waals surface area contributed by atoms with Crippen LogP contribution in [0.2, 0.25) is 0 Å². The van der Waals surface area contributed by atoms with Crippen LogP contribution in [0.5, 0.6) is 0 Å². The van der Waals surface area contributed by atoms with Crippen molar-refractivity contribution in [1.29, 1.82) is 0 Å². The Labute approximate surface area is 374 Å². The number of aliphatic hydroxyl groups excluding tert-OH is 5. The molecule has 13 nitrogen and oxygen atoms in total. The van der Waals surface area contributed by atoms with E-state index in [2.05, 4.69) is 47.6 Å². The zero-order valence-electron chi connectivity index (χ0n) is 38.0. The maximum absolute atomic E-state index is 12.2. The first-order valence-electron chi connectivity index (χ1n) is 23.4.